The molecule has 2 aromatic carbocycles. The summed E-state index contributed by atoms with van der Waals surface area (Å²) < 4.78 is 20.7. The molecular formula is C25H20FN5O2S. The standard InChI is InChI=1S/C25H20FN5O2S/c1-14-11-17(15(2)30(14)19-5-4-6-20(13-19)33-3)12-21-22(27)31-25(28-23(21)32)34-24(29-31)16-7-9-18(26)10-8-16/h4-13,27H,1-3H3/b21-12-,27-22?. The number of carbonyl (C=O) groups excluding carboxylic acids is 1. The van der Waals surface area contributed by atoms with Crippen LogP contribution in [0.4, 0.5) is 4.39 Å². The number of fused-ring (bicyclic) bond motifs is 1. The van der Waals surface area contributed by atoms with Crippen molar-refractivity contribution in [2.24, 2.45) is 10.1 Å². The van der Waals surface area contributed by atoms with E-state index >= 15 is 0 Å². The van der Waals surface area contributed by atoms with Gasteiger partial charge < -0.3 is 9.30 Å². The van der Waals surface area contributed by atoms with Crippen LogP contribution in [0.25, 0.3) is 11.8 Å². The Morgan fingerprint density at radius 2 is 1.88 bits per heavy atom. The molecule has 1 amide bonds. The summed E-state index contributed by atoms with van der Waals surface area (Å²) in [6.07, 6.45) is 1.68. The molecule has 0 fully saturated rings. The van der Waals surface area contributed by atoms with Gasteiger partial charge in [-0.05, 0) is 79.7 Å². The van der Waals surface area contributed by atoms with Gasteiger partial charge in [0.2, 0.25) is 5.17 Å². The maximum absolute atomic E-state index is 13.3. The van der Waals surface area contributed by atoms with Gasteiger partial charge in [-0.15, -0.1) is 0 Å². The largest absolute Gasteiger partial charge is 0.497 e. The summed E-state index contributed by atoms with van der Waals surface area (Å²) in [4.78, 5) is 17.0. The van der Waals surface area contributed by atoms with Gasteiger partial charge in [0.15, 0.2) is 5.84 Å². The summed E-state index contributed by atoms with van der Waals surface area (Å²) in [5.41, 5.74) is 4.48. The Balaban J connectivity index is 1.50. The summed E-state index contributed by atoms with van der Waals surface area (Å²) in [6, 6.07) is 15.6. The first-order chi connectivity index (χ1) is 16.4. The van der Waals surface area contributed by atoms with Crippen molar-refractivity contribution in [2.75, 3.05) is 7.11 Å². The lowest BCUT2D eigenvalue weighted by atomic mass is 10.1. The Morgan fingerprint density at radius 3 is 2.62 bits per heavy atom. The van der Waals surface area contributed by atoms with Crippen LogP contribution in [0.15, 0.2) is 70.3 Å². The second kappa shape index (κ2) is 8.42. The summed E-state index contributed by atoms with van der Waals surface area (Å²) in [5.74, 6) is -0.143. The molecule has 0 bridgehead atoms. The number of halogens is 1. The molecule has 0 aliphatic carbocycles. The highest BCUT2D eigenvalue weighted by molar-refractivity contribution is 8.27. The van der Waals surface area contributed by atoms with Crippen LogP contribution in [0.5, 0.6) is 5.75 Å². The molecule has 3 heterocycles. The first kappa shape index (κ1) is 21.8. The highest BCUT2D eigenvalue weighted by Gasteiger charge is 2.36. The van der Waals surface area contributed by atoms with Gasteiger partial charge in [-0.3, -0.25) is 10.2 Å². The Morgan fingerprint density at radius 1 is 1.12 bits per heavy atom. The average Bonchev–Trinajstić information content (AvgIpc) is 3.37. The Kier molecular flexibility index (Phi) is 5.41. The van der Waals surface area contributed by atoms with E-state index in [2.05, 4.69) is 14.7 Å². The van der Waals surface area contributed by atoms with Crippen molar-refractivity contribution >= 4 is 39.8 Å². The number of hydrogen-bond acceptors (Lipinski definition) is 5. The number of aliphatic imine (C=N–C) groups is 1. The number of carbonyl (C=O) groups is 1. The quantitative estimate of drug-likeness (QED) is 0.546. The Labute approximate surface area is 199 Å². The molecule has 1 N–H and O–H groups in total. The summed E-state index contributed by atoms with van der Waals surface area (Å²) in [5, 5.41) is 15.3. The van der Waals surface area contributed by atoms with Crippen molar-refractivity contribution in [3.63, 3.8) is 0 Å². The molecule has 7 nitrogen and oxygen atoms in total. The van der Waals surface area contributed by atoms with Crippen LogP contribution < -0.4 is 4.74 Å². The van der Waals surface area contributed by atoms with E-state index < -0.39 is 5.91 Å². The molecular weight excluding hydrogens is 453 g/mol. The molecule has 1 aromatic heterocycles. The van der Waals surface area contributed by atoms with Crippen molar-refractivity contribution in [3.05, 3.63) is 88.5 Å². The number of hydrogen-bond donors (Lipinski definition) is 1. The van der Waals surface area contributed by atoms with Crippen LogP contribution in [0, 0.1) is 25.1 Å². The van der Waals surface area contributed by atoms with E-state index in [0.717, 1.165) is 28.4 Å². The number of aromatic nitrogens is 1. The minimum Gasteiger partial charge on any atom is -0.497 e. The maximum Gasteiger partial charge on any atom is 0.283 e. The first-order valence-electron chi connectivity index (χ1n) is 10.5. The molecule has 34 heavy (non-hydrogen) atoms. The third-order valence-corrected chi connectivity index (χ3v) is 6.58. The number of amidine groups is 2. The summed E-state index contributed by atoms with van der Waals surface area (Å²) in [7, 11) is 1.63. The van der Waals surface area contributed by atoms with Gasteiger partial charge in [0, 0.05) is 28.7 Å². The number of amides is 1. The number of nitrogens with zero attached hydrogens (tertiary/aromatic N) is 4. The van der Waals surface area contributed by atoms with Gasteiger partial charge in [-0.1, -0.05) is 6.07 Å². The fourth-order valence-electron chi connectivity index (χ4n) is 3.94. The first-order valence-corrected chi connectivity index (χ1v) is 11.3. The minimum atomic E-state index is -0.495. The smallest absolute Gasteiger partial charge is 0.283 e. The van der Waals surface area contributed by atoms with E-state index in [1.54, 1.807) is 25.3 Å². The zero-order valence-electron chi connectivity index (χ0n) is 18.7. The van der Waals surface area contributed by atoms with Crippen LogP contribution in [0.2, 0.25) is 0 Å². The van der Waals surface area contributed by atoms with E-state index in [1.165, 1.54) is 28.9 Å². The normalized spacial score (nSPS) is 16.6. The van der Waals surface area contributed by atoms with Gasteiger partial charge in [0.05, 0.1) is 12.7 Å². The zero-order chi connectivity index (χ0) is 24.0. The van der Waals surface area contributed by atoms with Gasteiger partial charge >= 0.3 is 0 Å². The lowest BCUT2D eigenvalue weighted by molar-refractivity contribution is -0.114. The van der Waals surface area contributed by atoms with Crippen molar-refractivity contribution in [1.29, 1.82) is 5.41 Å². The van der Waals surface area contributed by atoms with Crippen LogP contribution in [0.1, 0.15) is 22.5 Å². The number of hydrazone groups is 1. The molecule has 3 aromatic rings. The molecule has 0 unspecified atom stereocenters. The predicted octanol–water partition coefficient (Wildman–Crippen LogP) is 4.91. The third-order valence-electron chi connectivity index (χ3n) is 5.63. The Bertz CT molecular complexity index is 1440. The number of ether oxygens (including phenoxy) is 1. The van der Waals surface area contributed by atoms with Crippen molar-refractivity contribution < 1.29 is 13.9 Å². The topological polar surface area (TPSA) is 83.0 Å². The molecule has 5 rings (SSSR count). The number of methoxy groups -OCH3 is 1. The highest BCUT2D eigenvalue weighted by Crippen LogP contribution is 2.32. The van der Waals surface area contributed by atoms with Crippen molar-refractivity contribution in [1.82, 2.24) is 9.58 Å². The van der Waals surface area contributed by atoms with E-state index in [4.69, 9.17) is 10.1 Å². The molecule has 2 aliphatic rings. The minimum absolute atomic E-state index is 0.0502. The SMILES string of the molecule is COc1cccc(-n2c(C)cc(/C=C3/C(=N)N4N=C(c5ccc(F)cc5)SC4=NC3=O)c2C)c1. The van der Waals surface area contributed by atoms with Gasteiger partial charge in [0.1, 0.15) is 16.6 Å². The number of benzene rings is 2. The molecule has 9 heteroatoms. The molecule has 2 aliphatic heterocycles. The fraction of sp³-hybridized carbons (Fsp3) is 0.120. The van der Waals surface area contributed by atoms with Crippen LogP contribution >= 0.6 is 11.8 Å². The lowest BCUT2D eigenvalue weighted by Crippen LogP contribution is -2.35. The van der Waals surface area contributed by atoms with E-state index in [9.17, 15) is 9.18 Å². The lowest BCUT2D eigenvalue weighted by Gasteiger charge is -2.20. The number of aryl methyl sites for hydroxylation is 1. The van der Waals surface area contributed by atoms with E-state index in [0.29, 0.717) is 15.8 Å². The molecule has 0 saturated carbocycles. The summed E-state index contributed by atoms with van der Waals surface area (Å²) >= 11 is 1.18. The molecule has 0 spiro atoms. The van der Waals surface area contributed by atoms with Gasteiger partial charge in [-0.2, -0.15) is 15.1 Å². The maximum atomic E-state index is 13.3. The van der Waals surface area contributed by atoms with E-state index in [-0.39, 0.29) is 17.2 Å². The van der Waals surface area contributed by atoms with Gasteiger partial charge in [-0.25, -0.2) is 4.39 Å². The van der Waals surface area contributed by atoms with Crippen molar-refractivity contribution in [2.45, 2.75) is 13.8 Å². The number of rotatable bonds is 4. The molecule has 0 atom stereocenters. The second-order valence-electron chi connectivity index (χ2n) is 7.80. The van der Waals surface area contributed by atoms with Crippen LogP contribution in [-0.2, 0) is 4.79 Å². The fourth-order valence-corrected chi connectivity index (χ4v) is 4.83. The number of nitrogens with one attached hydrogen (secondary N) is 1. The Hall–Kier alpha value is -3.98. The monoisotopic (exact) mass is 473 g/mol. The van der Waals surface area contributed by atoms with E-state index in [1.807, 2.05) is 44.2 Å². The molecule has 0 saturated heterocycles. The van der Waals surface area contributed by atoms with Crippen LogP contribution in [0.3, 0.4) is 0 Å². The van der Waals surface area contributed by atoms with Gasteiger partial charge in [0.25, 0.3) is 5.91 Å². The average molecular weight is 474 g/mol. The summed E-state index contributed by atoms with van der Waals surface area (Å²) in [6.45, 7) is 3.94. The molecule has 0 radical (unpaired) electrons. The zero-order valence-corrected chi connectivity index (χ0v) is 19.5. The van der Waals surface area contributed by atoms with Crippen molar-refractivity contribution in [3.8, 4) is 11.4 Å². The van der Waals surface area contributed by atoms with Crippen LogP contribution in [-0.4, -0.2) is 38.6 Å². The predicted molar refractivity (Wildman–Crippen MR) is 132 cm³/mol. The second-order valence-corrected chi connectivity index (χ2v) is 8.75. The third kappa shape index (κ3) is 3.73. The number of thioether (sulfide) groups is 1. The highest BCUT2D eigenvalue weighted by atomic mass is 32.2. The molecule has 170 valence electrons.